The number of fused-ring (bicyclic) bond motifs is 1. The van der Waals surface area contributed by atoms with Gasteiger partial charge in [-0.3, -0.25) is 0 Å². The van der Waals surface area contributed by atoms with Gasteiger partial charge < -0.3 is 19.4 Å². The van der Waals surface area contributed by atoms with Crippen LogP contribution in [0.3, 0.4) is 0 Å². The number of hydrogen-bond acceptors (Lipinski definition) is 4. The van der Waals surface area contributed by atoms with Gasteiger partial charge in [-0.1, -0.05) is 12.1 Å². The Kier molecular flexibility index (Phi) is 4.76. The number of hydrogen-bond donors (Lipinski definition) is 1. The van der Waals surface area contributed by atoms with Crippen LogP contribution < -0.4 is 10.1 Å². The van der Waals surface area contributed by atoms with Gasteiger partial charge in [-0.15, -0.1) is 0 Å². The van der Waals surface area contributed by atoms with Crippen molar-refractivity contribution in [3.05, 3.63) is 47.5 Å². The molecule has 5 heteroatoms. The van der Waals surface area contributed by atoms with Gasteiger partial charge in [-0.2, -0.15) is 0 Å². The number of aromatic nitrogens is 2. The summed E-state index contributed by atoms with van der Waals surface area (Å²) in [5.41, 5.74) is 2.52. The van der Waals surface area contributed by atoms with E-state index in [1.807, 2.05) is 12.4 Å². The maximum atomic E-state index is 6.00. The Morgan fingerprint density at radius 3 is 2.85 bits per heavy atom. The van der Waals surface area contributed by atoms with E-state index in [1.165, 1.54) is 11.1 Å². The van der Waals surface area contributed by atoms with Gasteiger partial charge in [0.05, 0.1) is 6.04 Å². The summed E-state index contributed by atoms with van der Waals surface area (Å²) in [5.74, 6) is 2.70. The number of imidazole rings is 1. The lowest BCUT2D eigenvalue weighted by atomic mass is 9.90. The van der Waals surface area contributed by atoms with Gasteiger partial charge in [-0.25, -0.2) is 4.98 Å². The molecule has 0 unspecified atom stereocenters. The van der Waals surface area contributed by atoms with Crippen molar-refractivity contribution in [3.8, 4) is 5.75 Å². The van der Waals surface area contributed by atoms with Crippen LogP contribution in [0.15, 0.2) is 30.6 Å². The first-order valence-corrected chi connectivity index (χ1v) is 9.61. The molecule has 1 atom stereocenters. The third kappa shape index (κ3) is 3.64. The highest BCUT2D eigenvalue weighted by molar-refractivity contribution is 5.41. The Balaban J connectivity index is 1.49. The molecule has 0 spiro atoms. The zero-order valence-corrected chi connectivity index (χ0v) is 16.0. The minimum atomic E-state index is -0.0913. The van der Waals surface area contributed by atoms with Gasteiger partial charge in [-0.05, 0) is 49.8 Å². The van der Waals surface area contributed by atoms with E-state index in [9.17, 15) is 0 Å². The highest BCUT2D eigenvalue weighted by atomic mass is 16.5. The summed E-state index contributed by atoms with van der Waals surface area (Å²) in [4.78, 5) is 4.62. The Bertz CT molecular complexity index is 762. The molecule has 2 aliphatic heterocycles. The molecule has 140 valence electrons. The van der Waals surface area contributed by atoms with E-state index in [-0.39, 0.29) is 11.6 Å². The number of ether oxygens (including phenoxy) is 2. The zero-order valence-electron chi connectivity index (χ0n) is 16.0. The molecule has 0 radical (unpaired) electrons. The molecule has 3 heterocycles. The highest BCUT2D eigenvalue weighted by Gasteiger charge is 2.31. The third-order valence-electron chi connectivity index (χ3n) is 5.53. The van der Waals surface area contributed by atoms with E-state index in [4.69, 9.17) is 9.47 Å². The normalized spacial score (nSPS) is 20.6. The number of aryl methyl sites for hydroxylation is 1. The van der Waals surface area contributed by atoms with Gasteiger partial charge in [0.15, 0.2) is 0 Å². The van der Waals surface area contributed by atoms with E-state index < -0.39 is 0 Å². The van der Waals surface area contributed by atoms with Crippen LogP contribution in [-0.2, 0) is 24.8 Å². The van der Waals surface area contributed by atoms with Crippen LogP contribution >= 0.6 is 0 Å². The molecule has 0 amide bonds. The second-order valence-electron chi connectivity index (χ2n) is 8.19. The fraction of sp³-hybridized carbons (Fsp3) is 0.571. The average Bonchev–Trinajstić information content (AvgIpc) is 3.17. The van der Waals surface area contributed by atoms with Crippen LogP contribution in [0.2, 0.25) is 0 Å². The SMILES string of the molecule is Cn1ccnc1[C@@H](NCc1ccc2c(c1)CC(C)(C)O2)C1CCOCC1. The Hall–Kier alpha value is -1.85. The van der Waals surface area contributed by atoms with Crippen molar-refractivity contribution < 1.29 is 9.47 Å². The summed E-state index contributed by atoms with van der Waals surface area (Å²) >= 11 is 0. The first kappa shape index (κ1) is 17.6. The molecule has 0 aliphatic carbocycles. The Morgan fingerprint density at radius 1 is 1.31 bits per heavy atom. The molecular formula is C21H29N3O2. The van der Waals surface area contributed by atoms with Crippen LogP contribution in [0, 0.1) is 5.92 Å². The molecular weight excluding hydrogens is 326 g/mol. The van der Waals surface area contributed by atoms with E-state index >= 15 is 0 Å². The van der Waals surface area contributed by atoms with Crippen molar-refractivity contribution in [2.24, 2.45) is 13.0 Å². The molecule has 1 aromatic carbocycles. The van der Waals surface area contributed by atoms with Crippen molar-refractivity contribution in [2.45, 2.75) is 51.3 Å². The molecule has 2 aliphatic rings. The first-order valence-electron chi connectivity index (χ1n) is 9.61. The zero-order chi connectivity index (χ0) is 18.1. The molecule has 0 saturated carbocycles. The second kappa shape index (κ2) is 7.05. The number of nitrogens with one attached hydrogen (secondary N) is 1. The van der Waals surface area contributed by atoms with Crippen LogP contribution in [0.1, 0.15) is 49.7 Å². The maximum absolute atomic E-state index is 6.00. The van der Waals surface area contributed by atoms with Crippen LogP contribution in [0.25, 0.3) is 0 Å². The minimum absolute atomic E-state index is 0.0913. The standard InChI is InChI=1S/C21H29N3O2/c1-21(2)13-17-12-15(4-5-18(17)26-21)14-23-19(16-6-10-25-11-7-16)20-22-8-9-24(20)3/h4-5,8-9,12,16,19,23H,6-7,10-11,13-14H2,1-3H3/t19-/m0/s1. The number of rotatable bonds is 5. The van der Waals surface area contributed by atoms with E-state index in [2.05, 4.69) is 54.0 Å². The van der Waals surface area contributed by atoms with Crippen LogP contribution in [0.4, 0.5) is 0 Å². The number of benzene rings is 1. The molecule has 1 saturated heterocycles. The monoisotopic (exact) mass is 355 g/mol. The van der Waals surface area contributed by atoms with Crippen molar-refractivity contribution in [3.63, 3.8) is 0 Å². The number of nitrogens with zero attached hydrogens (tertiary/aromatic N) is 2. The lowest BCUT2D eigenvalue weighted by molar-refractivity contribution is 0.0518. The van der Waals surface area contributed by atoms with Crippen molar-refractivity contribution in [2.75, 3.05) is 13.2 Å². The fourth-order valence-electron chi connectivity index (χ4n) is 4.20. The van der Waals surface area contributed by atoms with Gasteiger partial charge in [0.2, 0.25) is 0 Å². The van der Waals surface area contributed by atoms with Crippen molar-refractivity contribution in [1.29, 1.82) is 0 Å². The molecule has 1 fully saturated rings. The molecule has 5 nitrogen and oxygen atoms in total. The quantitative estimate of drug-likeness (QED) is 0.893. The minimum Gasteiger partial charge on any atom is -0.487 e. The summed E-state index contributed by atoms with van der Waals surface area (Å²) in [6.45, 7) is 6.82. The van der Waals surface area contributed by atoms with Crippen molar-refractivity contribution >= 4 is 0 Å². The van der Waals surface area contributed by atoms with E-state index in [0.29, 0.717) is 5.92 Å². The third-order valence-corrected chi connectivity index (χ3v) is 5.53. The Labute approximate surface area is 155 Å². The lowest BCUT2D eigenvalue weighted by Crippen LogP contribution is -2.33. The molecule has 26 heavy (non-hydrogen) atoms. The summed E-state index contributed by atoms with van der Waals surface area (Å²) in [6, 6.07) is 6.83. The fourth-order valence-corrected chi connectivity index (χ4v) is 4.20. The summed E-state index contributed by atoms with van der Waals surface area (Å²) in [7, 11) is 2.07. The highest BCUT2D eigenvalue weighted by Crippen LogP contribution is 2.35. The second-order valence-corrected chi connectivity index (χ2v) is 8.19. The largest absolute Gasteiger partial charge is 0.487 e. The molecule has 1 N–H and O–H groups in total. The van der Waals surface area contributed by atoms with E-state index in [1.54, 1.807) is 0 Å². The van der Waals surface area contributed by atoms with E-state index in [0.717, 1.165) is 50.6 Å². The average molecular weight is 355 g/mol. The molecule has 2 aromatic rings. The smallest absolute Gasteiger partial charge is 0.125 e. The van der Waals surface area contributed by atoms with Gasteiger partial charge in [0.25, 0.3) is 0 Å². The molecule has 1 aromatic heterocycles. The lowest BCUT2D eigenvalue weighted by Gasteiger charge is -2.30. The maximum Gasteiger partial charge on any atom is 0.125 e. The first-order chi connectivity index (χ1) is 12.5. The summed E-state index contributed by atoms with van der Waals surface area (Å²) in [6.07, 6.45) is 7.04. The molecule has 0 bridgehead atoms. The predicted octanol–water partition coefficient (Wildman–Crippen LogP) is 3.39. The summed E-state index contributed by atoms with van der Waals surface area (Å²) in [5, 5.41) is 3.78. The van der Waals surface area contributed by atoms with Gasteiger partial charge in [0, 0.05) is 45.6 Å². The van der Waals surface area contributed by atoms with Crippen LogP contribution in [-0.4, -0.2) is 28.4 Å². The van der Waals surface area contributed by atoms with Gasteiger partial charge in [0.1, 0.15) is 17.2 Å². The van der Waals surface area contributed by atoms with Crippen LogP contribution in [0.5, 0.6) is 5.75 Å². The van der Waals surface area contributed by atoms with Gasteiger partial charge >= 0.3 is 0 Å². The predicted molar refractivity (Wildman–Crippen MR) is 101 cm³/mol. The summed E-state index contributed by atoms with van der Waals surface area (Å²) < 4.78 is 13.7. The Morgan fingerprint density at radius 2 is 2.12 bits per heavy atom. The topological polar surface area (TPSA) is 48.3 Å². The van der Waals surface area contributed by atoms with Crippen molar-refractivity contribution in [1.82, 2.24) is 14.9 Å². The molecule has 4 rings (SSSR count).